The van der Waals surface area contributed by atoms with Crippen LogP contribution in [0.15, 0.2) is 36.4 Å². The summed E-state index contributed by atoms with van der Waals surface area (Å²) in [4.78, 5) is 23.8. The van der Waals surface area contributed by atoms with Crippen molar-refractivity contribution in [1.82, 2.24) is 5.32 Å². The summed E-state index contributed by atoms with van der Waals surface area (Å²) >= 11 is 11.9. The third-order valence-electron chi connectivity index (χ3n) is 3.62. The number of benzene rings is 2. The number of rotatable bonds is 6. The molecule has 0 aromatic heterocycles. The van der Waals surface area contributed by atoms with E-state index in [2.05, 4.69) is 16.0 Å². The van der Waals surface area contributed by atoms with Gasteiger partial charge in [-0.2, -0.15) is 0 Å². The van der Waals surface area contributed by atoms with Crippen LogP contribution in [-0.4, -0.2) is 24.9 Å². The molecule has 0 aliphatic carbocycles. The van der Waals surface area contributed by atoms with Crippen molar-refractivity contribution >= 4 is 46.4 Å². The number of hydrogen-bond acceptors (Lipinski definition) is 3. The van der Waals surface area contributed by atoms with Crippen molar-refractivity contribution in [1.29, 1.82) is 0 Å². The summed E-state index contributed by atoms with van der Waals surface area (Å²) in [5, 5.41) is 9.51. The Bertz CT molecular complexity index is 794. The van der Waals surface area contributed by atoms with Gasteiger partial charge in [0.1, 0.15) is 0 Å². The minimum absolute atomic E-state index is 0.0615. The molecule has 0 aliphatic heterocycles. The third-order valence-corrected chi connectivity index (χ3v) is 4.26. The van der Waals surface area contributed by atoms with Gasteiger partial charge in [0.05, 0.1) is 13.1 Å². The fourth-order valence-corrected chi connectivity index (χ4v) is 2.58. The number of carbonyl (C=O) groups excluding carboxylic acids is 2. The van der Waals surface area contributed by atoms with Gasteiger partial charge in [-0.15, -0.1) is 0 Å². The molecule has 2 aromatic carbocycles. The van der Waals surface area contributed by atoms with Crippen molar-refractivity contribution in [3.8, 4) is 0 Å². The van der Waals surface area contributed by atoms with Gasteiger partial charge in [-0.1, -0.05) is 29.3 Å². The summed E-state index contributed by atoms with van der Waals surface area (Å²) in [6, 6.07) is 10.6. The highest BCUT2D eigenvalue weighted by molar-refractivity contribution is 6.31. The maximum absolute atomic E-state index is 11.9. The molecule has 0 fully saturated rings. The SMILES string of the molecule is Cc1cc(Cl)ccc1NCC(=O)NCC(=O)Nc1cccc(Cl)c1C. The predicted molar refractivity (Wildman–Crippen MR) is 103 cm³/mol. The molecule has 132 valence electrons. The number of halogens is 2. The summed E-state index contributed by atoms with van der Waals surface area (Å²) in [5.41, 5.74) is 3.17. The average Bonchev–Trinajstić information content (AvgIpc) is 2.56. The molecule has 3 N–H and O–H groups in total. The first-order valence-electron chi connectivity index (χ1n) is 7.68. The Balaban J connectivity index is 1.79. The number of hydrogen-bond donors (Lipinski definition) is 3. The van der Waals surface area contributed by atoms with Crippen LogP contribution >= 0.6 is 23.2 Å². The minimum atomic E-state index is -0.318. The topological polar surface area (TPSA) is 70.2 Å². The summed E-state index contributed by atoms with van der Waals surface area (Å²) < 4.78 is 0. The van der Waals surface area contributed by atoms with Crippen LogP contribution in [0.25, 0.3) is 0 Å². The molecule has 2 amide bonds. The van der Waals surface area contributed by atoms with Crippen LogP contribution in [0.2, 0.25) is 10.0 Å². The zero-order valence-corrected chi connectivity index (χ0v) is 15.5. The fraction of sp³-hybridized carbons (Fsp3) is 0.222. The summed E-state index contributed by atoms with van der Waals surface area (Å²) in [5.74, 6) is -0.603. The lowest BCUT2D eigenvalue weighted by atomic mass is 10.2. The molecule has 0 spiro atoms. The van der Waals surface area contributed by atoms with Crippen molar-refractivity contribution in [2.75, 3.05) is 23.7 Å². The first kappa shape index (κ1) is 19.1. The van der Waals surface area contributed by atoms with Gasteiger partial charge >= 0.3 is 0 Å². The van der Waals surface area contributed by atoms with Crippen molar-refractivity contribution in [2.45, 2.75) is 13.8 Å². The van der Waals surface area contributed by atoms with Gasteiger partial charge in [0.2, 0.25) is 11.8 Å². The predicted octanol–water partition coefficient (Wildman–Crippen LogP) is 3.78. The van der Waals surface area contributed by atoms with Crippen molar-refractivity contribution in [3.05, 3.63) is 57.6 Å². The number of aryl methyl sites for hydroxylation is 1. The number of nitrogens with one attached hydrogen (secondary N) is 3. The molecular formula is C18H19Cl2N3O2. The number of anilines is 2. The monoisotopic (exact) mass is 379 g/mol. The molecule has 2 aromatic rings. The van der Waals surface area contributed by atoms with E-state index in [1.54, 1.807) is 30.3 Å². The van der Waals surface area contributed by atoms with E-state index in [1.807, 2.05) is 19.9 Å². The average molecular weight is 380 g/mol. The quantitative estimate of drug-likeness (QED) is 0.715. The maximum atomic E-state index is 11.9. The second-order valence-corrected chi connectivity index (χ2v) is 6.39. The molecule has 0 unspecified atom stereocenters. The Morgan fingerprint density at radius 2 is 1.72 bits per heavy atom. The van der Waals surface area contributed by atoms with E-state index in [9.17, 15) is 9.59 Å². The molecule has 2 rings (SSSR count). The molecule has 0 heterocycles. The molecule has 0 aliphatic rings. The van der Waals surface area contributed by atoms with Crippen LogP contribution in [0.1, 0.15) is 11.1 Å². The standard InChI is InChI=1S/C18H19Cl2N3O2/c1-11-8-13(19)6-7-15(11)21-9-17(24)22-10-18(25)23-16-5-3-4-14(20)12(16)2/h3-8,21H,9-10H2,1-2H3,(H,22,24)(H,23,25). The highest BCUT2D eigenvalue weighted by atomic mass is 35.5. The Kier molecular flexibility index (Phi) is 6.67. The Morgan fingerprint density at radius 3 is 2.44 bits per heavy atom. The van der Waals surface area contributed by atoms with Crippen molar-refractivity contribution in [2.24, 2.45) is 0 Å². The summed E-state index contributed by atoms with van der Waals surface area (Å²) in [6.45, 7) is 3.65. The Hall–Kier alpha value is -2.24. The Labute approximate surface area is 156 Å². The first-order valence-corrected chi connectivity index (χ1v) is 8.44. The first-order chi connectivity index (χ1) is 11.9. The molecule has 5 nitrogen and oxygen atoms in total. The normalized spacial score (nSPS) is 10.2. The smallest absolute Gasteiger partial charge is 0.243 e. The zero-order chi connectivity index (χ0) is 18.4. The summed E-state index contributed by atoms with van der Waals surface area (Å²) in [7, 11) is 0. The van der Waals surface area contributed by atoms with E-state index in [0.29, 0.717) is 15.7 Å². The second kappa shape index (κ2) is 8.74. The molecule has 0 radical (unpaired) electrons. The largest absolute Gasteiger partial charge is 0.376 e. The van der Waals surface area contributed by atoms with E-state index in [0.717, 1.165) is 16.8 Å². The van der Waals surface area contributed by atoms with E-state index in [-0.39, 0.29) is 24.9 Å². The molecule has 0 bridgehead atoms. The summed E-state index contributed by atoms with van der Waals surface area (Å²) in [6.07, 6.45) is 0. The van der Waals surface area contributed by atoms with Crippen LogP contribution < -0.4 is 16.0 Å². The molecular weight excluding hydrogens is 361 g/mol. The Morgan fingerprint density at radius 1 is 0.960 bits per heavy atom. The molecule has 0 atom stereocenters. The maximum Gasteiger partial charge on any atom is 0.243 e. The highest BCUT2D eigenvalue weighted by Crippen LogP contribution is 2.22. The van der Waals surface area contributed by atoms with Gasteiger partial charge in [0, 0.05) is 21.4 Å². The van der Waals surface area contributed by atoms with Crippen molar-refractivity contribution < 1.29 is 9.59 Å². The zero-order valence-electron chi connectivity index (χ0n) is 14.0. The second-order valence-electron chi connectivity index (χ2n) is 5.55. The van der Waals surface area contributed by atoms with Gasteiger partial charge in [-0.3, -0.25) is 9.59 Å². The third kappa shape index (κ3) is 5.66. The van der Waals surface area contributed by atoms with E-state index < -0.39 is 0 Å². The van der Waals surface area contributed by atoms with Gasteiger partial charge in [0.15, 0.2) is 0 Å². The van der Waals surface area contributed by atoms with Crippen LogP contribution in [0, 0.1) is 13.8 Å². The number of amides is 2. The molecule has 0 saturated heterocycles. The van der Waals surface area contributed by atoms with Crippen LogP contribution in [0.3, 0.4) is 0 Å². The van der Waals surface area contributed by atoms with E-state index >= 15 is 0 Å². The lowest BCUT2D eigenvalue weighted by Gasteiger charge is -2.11. The lowest BCUT2D eigenvalue weighted by molar-refractivity contribution is -0.122. The van der Waals surface area contributed by atoms with E-state index in [4.69, 9.17) is 23.2 Å². The van der Waals surface area contributed by atoms with Gasteiger partial charge < -0.3 is 16.0 Å². The van der Waals surface area contributed by atoms with Crippen molar-refractivity contribution in [3.63, 3.8) is 0 Å². The van der Waals surface area contributed by atoms with Gasteiger partial charge in [0.25, 0.3) is 0 Å². The number of carbonyl (C=O) groups is 2. The molecule has 7 heteroatoms. The van der Waals surface area contributed by atoms with Gasteiger partial charge in [-0.05, 0) is 55.3 Å². The van der Waals surface area contributed by atoms with Crippen LogP contribution in [0.5, 0.6) is 0 Å². The van der Waals surface area contributed by atoms with Gasteiger partial charge in [-0.25, -0.2) is 0 Å². The fourth-order valence-electron chi connectivity index (χ4n) is 2.18. The molecule has 25 heavy (non-hydrogen) atoms. The lowest BCUT2D eigenvalue weighted by Crippen LogP contribution is -2.36. The minimum Gasteiger partial charge on any atom is -0.376 e. The van der Waals surface area contributed by atoms with Crippen LogP contribution in [0.4, 0.5) is 11.4 Å². The highest BCUT2D eigenvalue weighted by Gasteiger charge is 2.09. The molecule has 0 saturated carbocycles. The van der Waals surface area contributed by atoms with Crippen LogP contribution in [-0.2, 0) is 9.59 Å². The van der Waals surface area contributed by atoms with E-state index in [1.165, 1.54) is 0 Å².